The molecule has 1 amide bonds. The molecule has 2 aromatic rings. The van der Waals surface area contributed by atoms with E-state index in [-0.39, 0.29) is 5.91 Å². The Labute approximate surface area is 123 Å². The Hall–Kier alpha value is -2.14. The Balaban J connectivity index is 1.69. The first-order chi connectivity index (χ1) is 10.1. The largest absolute Gasteiger partial charge is 0.440 e. The maximum Gasteiger partial charge on any atom is 0.248 e. The van der Waals surface area contributed by atoms with Gasteiger partial charge in [-0.25, -0.2) is 4.98 Å². The second-order valence-corrected chi connectivity index (χ2v) is 5.66. The van der Waals surface area contributed by atoms with Gasteiger partial charge in [0.2, 0.25) is 5.91 Å². The van der Waals surface area contributed by atoms with Crippen LogP contribution >= 0.6 is 0 Å². The number of oxazole rings is 1. The predicted molar refractivity (Wildman–Crippen MR) is 82.3 cm³/mol. The van der Waals surface area contributed by atoms with Gasteiger partial charge >= 0.3 is 0 Å². The van der Waals surface area contributed by atoms with E-state index in [0.717, 1.165) is 42.1 Å². The van der Waals surface area contributed by atoms with E-state index in [4.69, 9.17) is 4.42 Å². The number of anilines is 1. The highest BCUT2D eigenvalue weighted by molar-refractivity contribution is 6.00. The molecule has 1 aromatic carbocycles. The zero-order valence-corrected chi connectivity index (χ0v) is 12.3. The van der Waals surface area contributed by atoms with Crippen molar-refractivity contribution in [1.29, 1.82) is 0 Å². The van der Waals surface area contributed by atoms with Crippen molar-refractivity contribution >= 4 is 22.7 Å². The van der Waals surface area contributed by atoms with Gasteiger partial charge in [-0.15, -0.1) is 0 Å². The summed E-state index contributed by atoms with van der Waals surface area (Å²) >= 11 is 0. The van der Waals surface area contributed by atoms with E-state index < -0.39 is 0 Å². The van der Waals surface area contributed by atoms with Crippen LogP contribution in [0.3, 0.4) is 0 Å². The smallest absolute Gasteiger partial charge is 0.248 e. The maximum atomic E-state index is 11.8. The number of benzene rings is 1. The first kappa shape index (κ1) is 13.8. The topological polar surface area (TPSA) is 58.4 Å². The molecule has 5 nitrogen and oxygen atoms in total. The number of hydrogen-bond donors (Lipinski definition) is 1. The molecule has 5 heteroatoms. The summed E-state index contributed by atoms with van der Waals surface area (Å²) < 4.78 is 5.74. The van der Waals surface area contributed by atoms with Crippen LogP contribution in [0.25, 0.3) is 11.1 Å². The summed E-state index contributed by atoms with van der Waals surface area (Å²) in [6.07, 6.45) is 5.69. The van der Waals surface area contributed by atoms with Crippen LogP contribution in [0.4, 0.5) is 5.69 Å². The molecule has 0 spiro atoms. The van der Waals surface area contributed by atoms with E-state index in [0.29, 0.717) is 5.92 Å². The predicted octanol–water partition coefficient (Wildman–Crippen LogP) is 2.76. The van der Waals surface area contributed by atoms with E-state index in [1.165, 1.54) is 0 Å². The van der Waals surface area contributed by atoms with Gasteiger partial charge in [0.1, 0.15) is 5.52 Å². The summed E-state index contributed by atoms with van der Waals surface area (Å²) in [6, 6.07) is 5.55. The van der Waals surface area contributed by atoms with E-state index in [9.17, 15) is 4.79 Å². The molecule has 0 bridgehead atoms. The summed E-state index contributed by atoms with van der Waals surface area (Å²) in [6.45, 7) is 0.735. The standard InChI is InChI=1S/C16H19N3O2/c1-19(2)9-3-4-15(20)17-12-7-8-13-14(10-12)21-16(18-13)11-5-6-11/h3-4,7-8,10-11H,5-6,9H2,1-2H3,(H,17,20)/b4-3+. The number of amides is 1. The quantitative estimate of drug-likeness (QED) is 0.858. The molecule has 0 aliphatic heterocycles. The first-order valence-corrected chi connectivity index (χ1v) is 7.14. The van der Waals surface area contributed by atoms with Crippen LogP contribution in [-0.4, -0.2) is 36.4 Å². The third-order valence-corrected chi connectivity index (χ3v) is 3.34. The van der Waals surface area contributed by atoms with E-state index in [2.05, 4.69) is 10.3 Å². The van der Waals surface area contributed by atoms with Gasteiger partial charge in [0.15, 0.2) is 11.5 Å². The SMILES string of the molecule is CN(C)C/C=C/C(=O)Nc1ccc2nc(C3CC3)oc2c1. The molecule has 1 aliphatic carbocycles. The third kappa shape index (κ3) is 3.49. The summed E-state index contributed by atoms with van der Waals surface area (Å²) in [5.74, 6) is 1.17. The molecule has 1 aliphatic rings. The van der Waals surface area contributed by atoms with E-state index in [1.807, 2.05) is 43.3 Å². The minimum Gasteiger partial charge on any atom is -0.440 e. The second kappa shape index (κ2) is 5.69. The summed E-state index contributed by atoms with van der Waals surface area (Å²) in [7, 11) is 3.91. The number of hydrogen-bond acceptors (Lipinski definition) is 4. The number of rotatable bonds is 5. The Bertz CT molecular complexity index is 684. The highest BCUT2D eigenvalue weighted by Crippen LogP contribution is 2.40. The average Bonchev–Trinajstić information content (AvgIpc) is 3.18. The molecule has 3 rings (SSSR count). The van der Waals surface area contributed by atoms with Crippen molar-refractivity contribution in [2.24, 2.45) is 0 Å². The summed E-state index contributed by atoms with van der Waals surface area (Å²) in [5, 5.41) is 2.83. The fraction of sp³-hybridized carbons (Fsp3) is 0.375. The van der Waals surface area contributed by atoms with Gasteiger partial charge in [0.05, 0.1) is 0 Å². The maximum absolute atomic E-state index is 11.8. The van der Waals surface area contributed by atoms with Crippen molar-refractivity contribution in [2.75, 3.05) is 26.0 Å². The highest BCUT2D eigenvalue weighted by atomic mass is 16.3. The lowest BCUT2D eigenvalue weighted by molar-refractivity contribution is -0.111. The van der Waals surface area contributed by atoms with Gasteiger partial charge in [-0.2, -0.15) is 0 Å². The van der Waals surface area contributed by atoms with Crippen LogP contribution in [0.2, 0.25) is 0 Å². The molecular formula is C16H19N3O2. The zero-order chi connectivity index (χ0) is 14.8. The lowest BCUT2D eigenvalue weighted by Gasteiger charge is -2.04. The molecule has 0 unspecified atom stereocenters. The van der Waals surface area contributed by atoms with Crippen LogP contribution in [0.1, 0.15) is 24.7 Å². The molecule has 1 saturated carbocycles. The van der Waals surface area contributed by atoms with Crippen molar-refractivity contribution in [2.45, 2.75) is 18.8 Å². The molecule has 1 aromatic heterocycles. The molecule has 1 N–H and O–H groups in total. The van der Waals surface area contributed by atoms with Gasteiger partial charge in [0.25, 0.3) is 0 Å². The fourth-order valence-electron chi connectivity index (χ4n) is 2.08. The minimum absolute atomic E-state index is 0.141. The number of likely N-dealkylation sites (N-methyl/N-ethyl adjacent to an activating group) is 1. The van der Waals surface area contributed by atoms with Gasteiger partial charge < -0.3 is 14.6 Å². The van der Waals surface area contributed by atoms with Gasteiger partial charge in [-0.1, -0.05) is 6.08 Å². The number of aromatic nitrogens is 1. The highest BCUT2D eigenvalue weighted by Gasteiger charge is 2.28. The van der Waals surface area contributed by atoms with Crippen molar-refractivity contribution < 1.29 is 9.21 Å². The van der Waals surface area contributed by atoms with Gasteiger partial charge in [0, 0.05) is 30.3 Å². The second-order valence-electron chi connectivity index (χ2n) is 5.66. The first-order valence-electron chi connectivity index (χ1n) is 7.14. The van der Waals surface area contributed by atoms with Gasteiger partial charge in [-0.05, 0) is 39.1 Å². The average molecular weight is 285 g/mol. The van der Waals surface area contributed by atoms with Crippen molar-refractivity contribution in [3.8, 4) is 0 Å². The van der Waals surface area contributed by atoms with Crippen LogP contribution in [0.15, 0.2) is 34.8 Å². The molecule has 1 fully saturated rings. The molecule has 0 atom stereocenters. The number of nitrogens with one attached hydrogen (secondary N) is 1. The molecule has 110 valence electrons. The molecule has 21 heavy (non-hydrogen) atoms. The van der Waals surface area contributed by atoms with Crippen LogP contribution in [-0.2, 0) is 4.79 Å². The number of nitrogens with zero attached hydrogens (tertiary/aromatic N) is 2. The monoisotopic (exact) mass is 285 g/mol. The Morgan fingerprint density at radius 3 is 3.00 bits per heavy atom. The molecule has 0 radical (unpaired) electrons. The van der Waals surface area contributed by atoms with Crippen LogP contribution in [0, 0.1) is 0 Å². The normalized spacial score (nSPS) is 15.2. The van der Waals surface area contributed by atoms with Gasteiger partial charge in [-0.3, -0.25) is 4.79 Å². The summed E-state index contributed by atoms with van der Waals surface area (Å²) in [5.41, 5.74) is 2.30. The van der Waals surface area contributed by atoms with E-state index in [1.54, 1.807) is 6.08 Å². The fourth-order valence-corrected chi connectivity index (χ4v) is 2.08. The zero-order valence-electron chi connectivity index (χ0n) is 12.3. The van der Waals surface area contributed by atoms with E-state index >= 15 is 0 Å². The third-order valence-electron chi connectivity index (χ3n) is 3.34. The number of fused-ring (bicyclic) bond motifs is 1. The number of carbonyl (C=O) groups excluding carboxylic acids is 1. The van der Waals surface area contributed by atoms with Crippen LogP contribution < -0.4 is 5.32 Å². The minimum atomic E-state index is -0.141. The molecule has 1 heterocycles. The lowest BCUT2D eigenvalue weighted by atomic mass is 10.3. The van der Waals surface area contributed by atoms with Crippen molar-refractivity contribution in [3.63, 3.8) is 0 Å². The number of carbonyl (C=O) groups is 1. The Morgan fingerprint density at radius 2 is 2.29 bits per heavy atom. The van der Waals surface area contributed by atoms with Crippen molar-refractivity contribution in [1.82, 2.24) is 9.88 Å². The molecule has 0 saturated heterocycles. The van der Waals surface area contributed by atoms with Crippen LogP contribution in [0.5, 0.6) is 0 Å². The van der Waals surface area contributed by atoms with Crippen molar-refractivity contribution in [3.05, 3.63) is 36.2 Å². The lowest BCUT2D eigenvalue weighted by Crippen LogP contribution is -2.12. The summed E-state index contributed by atoms with van der Waals surface area (Å²) in [4.78, 5) is 18.2. The molecular weight excluding hydrogens is 266 g/mol. The Kier molecular flexibility index (Phi) is 3.75. The Morgan fingerprint density at radius 1 is 1.48 bits per heavy atom.